The van der Waals surface area contributed by atoms with E-state index in [-0.39, 0.29) is 12.8 Å². The van der Waals surface area contributed by atoms with E-state index in [9.17, 15) is 0 Å². The minimum absolute atomic E-state index is 0.135. The predicted molar refractivity (Wildman–Crippen MR) is 53.3 cm³/mol. The highest BCUT2D eigenvalue weighted by atomic mass is 16.7. The molecule has 0 spiro atoms. The molecule has 0 saturated heterocycles. The summed E-state index contributed by atoms with van der Waals surface area (Å²) in [5.41, 5.74) is 13.5. The number of hydrogen-bond donors (Lipinski definition) is 2. The lowest BCUT2D eigenvalue weighted by molar-refractivity contribution is 0.174. The summed E-state index contributed by atoms with van der Waals surface area (Å²) in [7, 11) is 0. The van der Waals surface area contributed by atoms with Crippen LogP contribution in [0.2, 0.25) is 0 Å². The van der Waals surface area contributed by atoms with E-state index in [1.165, 1.54) is 0 Å². The zero-order chi connectivity index (χ0) is 10.1. The maximum atomic E-state index is 5.87. The minimum atomic E-state index is -0.135. The lowest BCUT2D eigenvalue weighted by atomic mass is 10.0. The molecule has 1 aliphatic rings. The Balaban J connectivity index is 2.42. The molecule has 1 heterocycles. The van der Waals surface area contributed by atoms with Gasteiger partial charge in [0.1, 0.15) is 0 Å². The molecule has 1 aliphatic heterocycles. The molecule has 76 valence electrons. The highest BCUT2D eigenvalue weighted by Crippen LogP contribution is 2.35. The van der Waals surface area contributed by atoms with Gasteiger partial charge in [-0.2, -0.15) is 0 Å². The van der Waals surface area contributed by atoms with E-state index in [2.05, 4.69) is 0 Å². The fourth-order valence-electron chi connectivity index (χ4n) is 1.59. The molecular formula is C10H14N2O2. The van der Waals surface area contributed by atoms with Crippen molar-refractivity contribution in [2.45, 2.75) is 13.0 Å². The molecule has 0 saturated carbocycles. The Bertz CT molecular complexity index is 352. The second kappa shape index (κ2) is 3.48. The van der Waals surface area contributed by atoms with Crippen molar-refractivity contribution in [3.05, 3.63) is 23.3 Å². The fraction of sp³-hybridized carbons (Fsp3) is 0.400. The van der Waals surface area contributed by atoms with Crippen LogP contribution in [0.3, 0.4) is 0 Å². The van der Waals surface area contributed by atoms with Gasteiger partial charge in [-0.25, -0.2) is 0 Å². The summed E-state index contributed by atoms with van der Waals surface area (Å²) in [6.45, 7) is 2.71. The zero-order valence-electron chi connectivity index (χ0n) is 8.12. The van der Waals surface area contributed by atoms with Gasteiger partial charge in [-0.1, -0.05) is 0 Å². The topological polar surface area (TPSA) is 70.5 Å². The number of fused-ring (bicyclic) bond motifs is 1. The van der Waals surface area contributed by atoms with Crippen molar-refractivity contribution in [1.29, 1.82) is 0 Å². The Labute approximate surface area is 82.8 Å². The van der Waals surface area contributed by atoms with Crippen LogP contribution in [0.1, 0.15) is 17.2 Å². The first-order valence-electron chi connectivity index (χ1n) is 4.58. The maximum absolute atomic E-state index is 5.87. The van der Waals surface area contributed by atoms with Crippen molar-refractivity contribution in [3.63, 3.8) is 0 Å². The number of nitrogens with two attached hydrogens (primary N) is 2. The first-order valence-corrected chi connectivity index (χ1v) is 4.58. The molecule has 14 heavy (non-hydrogen) atoms. The quantitative estimate of drug-likeness (QED) is 0.726. The number of hydrogen-bond acceptors (Lipinski definition) is 4. The van der Waals surface area contributed by atoms with Crippen LogP contribution in [0, 0.1) is 6.92 Å². The van der Waals surface area contributed by atoms with E-state index in [1.54, 1.807) is 0 Å². The predicted octanol–water partition coefficient (Wildman–Crippen LogP) is 0.682. The van der Waals surface area contributed by atoms with E-state index in [4.69, 9.17) is 20.9 Å². The van der Waals surface area contributed by atoms with Gasteiger partial charge in [0.05, 0.1) is 0 Å². The van der Waals surface area contributed by atoms with Gasteiger partial charge < -0.3 is 20.9 Å². The van der Waals surface area contributed by atoms with Crippen molar-refractivity contribution < 1.29 is 9.47 Å². The highest BCUT2D eigenvalue weighted by molar-refractivity contribution is 5.49. The third-order valence-corrected chi connectivity index (χ3v) is 2.41. The number of rotatable bonds is 2. The Morgan fingerprint density at radius 3 is 2.64 bits per heavy atom. The molecule has 1 unspecified atom stereocenters. The molecule has 0 aromatic heterocycles. The summed E-state index contributed by atoms with van der Waals surface area (Å²) in [5, 5.41) is 0. The Morgan fingerprint density at radius 1 is 1.36 bits per heavy atom. The molecule has 4 heteroatoms. The molecule has 1 atom stereocenters. The molecular weight excluding hydrogens is 180 g/mol. The molecule has 4 nitrogen and oxygen atoms in total. The number of benzene rings is 1. The van der Waals surface area contributed by atoms with Crippen LogP contribution < -0.4 is 20.9 Å². The largest absolute Gasteiger partial charge is 0.454 e. The van der Waals surface area contributed by atoms with Crippen LogP contribution in [-0.2, 0) is 0 Å². The molecule has 1 aromatic carbocycles. The van der Waals surface area contributed by atoms with E-state index in [0.717, 1.165) is 22.6 Å². The van der Waals surface area contributed by atoms with Crippen LogP contribution in [0.15, 0.2) is 12.1 Å². The lowest BCUT2D eigenvalue weighted by Crippen LogP contribution is -2.21. The molecule has 0 radical (unpaired) electrons. The Kier molecular flexibility index (Phi) is 2.31. The van der Waals surface area contributed by atoms with Crippen LogP contribution in [0.25, 0.3) is 0 Å². The van der Waals surface area contributed by atoms with E-state index in [1.807, 2.05) is 19.1 Å². The van der Waals surface area contributed by atoms with Gasteiger partial charge in [-0.3, -0.25) is 0 Å². The third kappa shape index (κ3) is 1.42. The van der Waals surface area contributed by atoms with Gasteiger partial charge in [0.2, 0.25) is 6.79 Å². The van der Waals surface area contributed by atoms with Crippen molar-refractivity contribution in [3.8, 4) is 11.5 Å². The monoisotopic (exact) mass is 194 g/mol. The smallest absolute Gasteiger partial charge is 0.231 e. The normalized spacial score (nSPS) is 15.6. The van der Waals surface area contributed by atoms with Crippen LogP contribution in [0.5, 0.6) is 11.5 Å². The van der Waals surface area contributed by atoms with Gasteiger partial charge in [0, 0.05) is 12.6 Å². The van der Waals surface area contributed by atoms with E-state index in [0.29, 0.717) is 6.54 Å². The molecule has 4 N–H and O–H groups in total. The second-order valence-electron chi connectivity index (χ2n) is 3.40. The number of ether oxygens (including phenoxy) is 2. The standard InChI is InChI=1S/C10H14N2O2/c1-6-2-9-10(14-5-13-9)3-7(6)8(12)4-11/h2-3,8H,4-5,11-12H2,1H3. The minimum Gasteiger partial charge on any atom is -0.454 e. The average Bonchev–Trinajstić information content (AvgIpc) is 2.62. The van der Waals surface area contributed by atoms with Crippen LogP contribution in [-0.4, -0.2) is 13.3 Å². The van der Waals surface area contributed by atoms with Gasteiger partial charge in [-0.05, 0) is 30.2 Å². The Hall–Kier alpha value is -1.26. The SMILES string of the molecule is Cc1cc2c(cc1C(N)CN)OCO2. The van der Waals surface area contributed by atoms with Gasteiger partial charge in [0.25, 0.3) is 0 Å². The number of aryl methyl sites for hydroxylation is 1. The summed E-state index contributed by atoms with van der Waals surface area (Å²) >= 11 is 0. The summed E-state index contributed by atoms with van der Waals surface area (Å²) < 4.78 is 10.5. The highest BCUT2D eigenvalue weighted by Gasteiger charge is 2.17. The van der Waals surface area contributed by atoms with Crippen LogP contribution in [0.4, 0.5) is 0 Å². The molecule has 1 aromatic rings. The van der Waals surface area contributed by atoms with E-state index < -0.39 is 0 Å². The molecule has 2 rings (SSSR count). The van der Waals surface area contributed by atoms with Gasteiger partial charge >= 0.3 is 0 Å². The third-order valence-electron chi connectivity index (χ3n) is 2.41. The van der Waals surface area contributed by atoms with Crippen LogP contribution >= 0.6 is 0 Å². The zero-order valence-corrected chi connectivity index (χ0v) is 8.12. The van der Waals surface area contributed by atoms with Gasteiger partial charge in [-0.15, -0.1) is 0 Å². The summed E-state index contributed by atoms with van der Waals surface area (Å²) in [6.07, 6.45) is 0. The molecule has 0 bridgehead atoms. The van der Waals surface area contributed by atoms with Crippen molar-refractivity contribution in [2.24, 2.45) is 11.5 Å². The first-order chi connectivity index (χ1) is 6.72. The van der Waals surface area contributed by atoms with Crippen molar-refractivity contribution >= 4 is 0 Å². The molecule has 0 aliphatic carbocycles. The maximum Gasteiger partial charge on any atom is 0.231 e. The average molecular weight is 194 g/mol. The fourth-order valence-corrected chi connectivity index (χ4v) is 1.59. The van der Waals surface area contributed by atoms with Crippen molar-refractivity contribution in [2.75, 3.05) is 13.3 Å². The molecule has 0 amide bonds. The second-order valence-corrected chi connectivity index (χ2v) is 3.40. The Morgan fingerprint density at radius 2 is 2.00 bits per heavy atom. The lowest BCUT2D eigenvalue weighted by Gasteiger charge is -2.13. The van der Waals surface area contributed by atoms with Crippen molar-refractivity contribution in [1.82, 2.24) is 0 Å². The molecule has 0 fully saturated rings. The van der Waals surface area contributed by atoms with Gasteiger partial charge in [0.15, 0.2) is 11.5 Å². The summed E-state index contributed by atoms with van der Waals surface area (Å²) in [6, 6.07) is 3.71. The van der Waals surface area contributed by atoms with E-state index >= 15 is 0 Å². The summed E-state index contributed by atoms with van der Waals surface area (Å²) in [5.74, 6) is 1.55. The first kappa shape index (κ1) is 9.30. The summed E-state index contributed by atoms with van der Waals surface area (Å²) in [4.78, 5) is 0.